The molecule has 0 radical (unpaired) electrons. The highest BCUT2D eigenvalue weighted by molar-refractivity contribution is 5.94. The van der Waals surface area contributed by atoms with E-state index in [4.69, 9.17) is 0 Å². The summed E-state index contributed by atoms with van der Waals surface area (Å²) < 4.78 is 0. The van der Waals surface area contributed by atoms with Gasteiger partial charge in [-0.25, -0.2) is 0 Å². The molecule has 0 bridgehead atoms. The SMILES string of the molecule is O=C(c1ccc(-c2cn[nH]c2)cc1)N1CCCNCC1. The number of aromatic amines is 1. The summed E-state index contributed by atoms with van der Waals surface area (Å²) in [6.07, 6.45) is 4.63. The number of carbonyl (C=O) groups excluding carboxylic acids is 1. The third-order valence-corrected chi connectivity index (χ3v) is 3.59. The lowest BCUT2D eigenvalue weighted by molar-refractivity contribution is 0.0766. The quantitative estimate of drug-likeness (QED) is 0.869. The minimum Gasteiger partial charge on any atom is -0.337 e. The van der Waals surface area contributed by atoms with Gasteiger partial charge in [0, 0.05) is 37.0 Å². The first kappa shape index (κ1) is 12.9. The maximum absolute atomic E-state index is 12.4. The Morgan fingerprint density at radius 3 is 2.70 bits per heavy atom. The van der Waals surface area contributed by atoms with Crippen LogP contribution in [0.3, 0.4) is 0 Å². The predicted molar refractivity (Wildman–Crippen MR) is 77.4 cm³/mol. The van der Waals surface area contributed by atoms with Gasteiger partial charge in [0.2, 0.25) is 0 Å². The van der Waals surface area contributed by atoms with Crippen LogP contribution in [0.4, 0.5) is 0 Å². The topological polar surface area (TPSA) is 61.0 Å². The molecule has 1 saturated heterocycles. The number of H-pyrrole nitrogens is 1. The summed E-state index contributed by atoms with van der Waals surface area (Å²) in [4.78, 5) is 14.4. The second-order valence-electron chi connectivity index (χ2n) is 4.96. The van der Waals surface area contributed by atoms with E-state index in [0.717, 1.165) is 49.3 Å². The highest BCUT2D eigenvalue weighted by atomic mass is 16.2. The molecule has 0 unspecified atom stereocenters. The highest BCUT2D eigenvalue weighted by Crippen LogP contribution is 2.18. The molecule has 1 aliphatic rings. The number of hydrogen-bond donors (Lipinski definition) is 2. The number of nitrogens with zero attached hydrogens (tertiary/aromatic N) is 2. The number of hydrogen-bond acceptors (Lipinski definition) is 3. The fourth-order valence-corrected chi connectivity index (χ4v) is 2.45. The van der Waals surface area contributed by atoms with Crippen molar-refractivity contribution >= 4 is 5.91 Å². The normalized spacial score (nSPS) is 15.9. The maximum Gasteiger partial charge on any atom is 0.253 e. The first-order valence-corrected chi connectivity index (χ1v) is 6.94. The van der Waals surface area contributed by atoms with E-state index in [1.807, 2.05) is 35.4 Å². The maximum atomic E-state index is 12.4. The van der Waals surface area contributed by atoms with Gasteiger partial charge in [0.25, 0.3) is 5.91 Å². The molecule has 5 nitrogen and oxygen atoms in total. The molecule has 0 saturated carbocycles. The number of aromatic nitrogens is 2. The summed E-state index contributed by atoms with van der Waals surface area (Å²) in [7, 11) is 0. The van der Waals surface area contributed by atoms with Gasteiger partial charge in [0.15, 0.2) is 0 Å². The molecule has 0 spiro atoms. The molecular weight excluding hydrogens is 252 g/mol. The number of nitrogens with one attached hydrogen (secondary N) is 2. The van der Waals surface area contributed by atoms with Gasteiger partial charge in [0.1, 0.15) is 0 Å². The summed E-state index contributed by atoms with van der Waals surface area (Å²) in [6, 6.07) is 7.72. The van der Waals surface area contributed by atoms with E-state index in [-0.39, 0.29) is 5.91 Å². The van der Waals surface area contributed by atoms with Crippen LogP contribution < -0.4 is 5.32 Å². The van der Waals surface area contributed by atoms with Crippen LogP contribution in [0.1, 0.15) is 16.8 Å². The average molecular weight is 270 g/mol. The smallest absolute Gasteiger partial charge is 0.253 e. The zero-order valence-corrected chi connectivity index (χ0v) is 11.3. The van der Waals surface area contributed by atoms with E-state index >= 15 is 0 Å². The van der Waals surface area contributed by atoms with E-state index in [1.165, 1.54) is 0 Å². The van der Waals surface area contributed by atoms with Gasteiger partial charge < -0.3 is 10.2 Å². The Balaban J connectivity index is 1.75. The zero-order chi connectivity index (χ0) is 13.8. The number of amides is 1. The molecule has 3 rings (SSSR count). The van der Waals surface area contributed by atoms with E-state index in [2.05, 4.69) is 15.5 Å². The Bertz CT molecular complexity index is 554. The summed E-state index contributed by atoms with van der Waals surface area (Å²) in [5, 5.41) is 10.0. The van der Waals surface area contributed by atoms with Crippen molar-refractivity contribution in [1.82, 2.24) is 20.4 Å². The van der Waals surface area contributed by atoms with Gasteiger partial charge in [-0.2, -0.15) is 5.10 Å². The van der Waals surface area contributed by atoms with E-state index in [1.54, 1.807) is 6.20 Å². The molecule has 1 aromatic carbocycles. The average Bonchev–Trinajstić information content (AvgIpc) is 2.89. The molecule has 0 atom stereocenters. The van der Waals surface area contributed by atoms with Crippen molar-refractivity contribution in [2.24, 2.45) is 0 Å². The number of benzene rings is 1. The molecule has 2 heterocycles. The fourth-order valence-electron chi connectivity index (χ4n) is 2.45. The van der Waals surface area contributed by atoms with Crippen LogP contribution in [0.5, 0.6) is 0 Å². The third-order valence-electron chi connectivity index (χ3n) is 3.59. The van der Waals surface area contributed by atoms with Crippen LogP contribution in [-0.4, -0.2) is 47.2 Å². The van der Waals surface area contributed by atoms with Crippen molar-refractivity contribution in [3.63, 3.8) is 0 Å². The molecule has 1 aliphatic heterocycles. The minimum atomic E-state index is 0.118. The zero-order valence-electron chi connectivity index (χ0n) is 11.3. The first-order chi connectivity index (χ1) is 9.84. The Morgan fingerprint density at radius 2 is 1.95 bits per heavy atom. The Morgan fingerprint density at radius 1 is 1.10 bits per heavy atom. The molecule has 20 heavy (non-hydrogen) atoms. The van der Waals surface area contributed by atoms with Crippen LogP contribution in [0.2, 0.25) is 0 Å². The highest BCUT2D eigenvalue weighted by Gasteiger charge is 2.16. The van der Waals surface area contributed by atoms with E-state index in [0.29, 0.717) is 0 Å². The standard InChI is InChI=1S/C15H18N4O/c20-15(19-8-1-6-16-7-9-19)13-4-2-12(3-5-13)14-10-17-18-11-14/h2-5,10-11,16H,1,6-9H2,(H,17,18). The molecule has 2 N–H and O–H groups in total. The number of carbonyl (C=O) groups is 1. The summed E-state index contributed by atoms with van der Waals surface area (Å²) in [5.41, 5.74) is 2.84. The number of rotatable bonds is 2. The molecular formula is C15H18N4O. The van der Waals surface area contributed by atoms with Crippen LogP contribution >= 0.6 is 0 Å². The fraction of sp³-hybridized carbons (Fsp3) is 0.333. The van der Waals surface area contributed by atoms with Gasteiger partial charge in [-0.15, -0.1) is 0 Å². The monoisotopic (exact) mass is 270 g/mol. The van der Waals surface area contributed by atoms with E-state index in [9.17, 15) is 4.79 Å². The molecule has 1 aromatic heterocycles. The van der Waals surface area contributed by atoms with Crippen molar-refractivity contribution in [2.45, 2.75) is 6.42 Å². The lowest BCUT2D eigenvalue weighted by atomic mass is 10.1. The molecule has 1 amide bonds. The third kappa shape index (κ3) is 2.72. The summed E-state index contributed by atoms with van der Waals surface area (Å²) in [6.45, 7) is 3.47. The van der Waals surface area contributed by atoms with Crippen LogP contribution in [0, 0.1) is 0 Å². The van der Waals surface area contributed by atoms with Gasteiger partial charge in [-0.1, -0.05) is 12.1 Å². The Labute approximate surface area is 118 Å². The Hall–Kier alpha value is -2.14. The molecule has 0 aliphatic carbocycles. The van der Waals surface area contributed by atoms with Crippen LogP contribution in [0.15, 0.2) is 36.7 Å². The predicted octanol–water partition coefficient (Wildman–Crippen LogP) is 1.51. The Kier molecular flexibility index (Phi) is 3.78. The van der Waals surface area contributed by atoms with Crippen LogP contribution in [-0.2, 0) is 0 Å². The molecule has 5 heteroatoms. The molecule has 2 aromatic rings. The van der Waals surface area contributed by atoms with Gasteiger partial charge in [-0.05, 0) is 30.7 Å². The van der Waals surface area contributed by atoms with Gasteiger partial charge in [0.05, 0.1) is 6.20 Å². The van der Waals surface area contributed by atoms with Crippen molar-refractivity contribution < 1.29 is 4.79 Å². The van der Waals surface area contributed by atoms with Crippen molar-refractivity contribution in [3.05, 3.63) is 42.2 Å². The van der Waals surface area contributed by atoms with Crippen LogP contribution in [0.25, 0.3) is 11.1 Å². The van der Waals surface area contributed by atoms with Gasteiger partial charge in [-0.3, -0.25) is 9.89 Å². The first-order valence-electron chi connectivity index (χ1n) is 6.94. The molecule has 1 fully saturated rings. The van der Waals surface area contributed by atoms with Crippen molar-refractivity contribution in [1.29, 1.82) is 0 Å². The lowest BCUT2D eigenvalue weighted by Gasteiger charge is -2.20. The molecule has 104 valence electrons. The van der Waals surface area contributed by atoms with Gasteiger partial charge >= 0.3 is 0 Å². The second-order valence-corrected chi connectivity index (χ2v) is 4.96. The van der Waals surface area contributed by atoms with E-state index < -0.39 is 0 Å². The summed E-state index contributed by atoms with van der Waals surface area (Å²) >= 11 is 0. The minimum absolute atomic E-state index is 0.118. The largest absolute Gasteiger partial charge is 0.337 e. The second kappa shape index (κ2) is 5.88. The van der Waals surface area contributed by atoms with Crippen molar-refractivity contribution in [2.75, 3.05) is 26.2 Å². The lowest BCUT2D eigenvalue weighted by Crippen LogP contribution is -2.34. The summed E-state index contributed by atoms with van der Waals surface area (Å²) in [5.74, 6) is 0.118. The van der Waals surface area contributed by atoms with Crippen molar-refractivity contribution in [3.8, 4) is 11.1 Å².